The van der Waals surface area contributed by atoms with E-state index in [1.54, 1.807) is 24.3 Å². The third kappa shape index (κ3) is 6.87. The van der Waals surface area contributed by atoms with Crippen LogP contribution in [0.1, 0.15) is 48.6 Å². The number of alkyl halides is 4. The first-order chi connectivity index (χ1) is 13.3. The summed E-state index contributed by atoms with van der Waals surface area (Å²) >= 11 is 0. The number of rotatable bonds is 10. The first kappa shape index (κ1) is 22.3. The molecule has 0 saturated carbocycles. The van der Waals surface area contributed by atoms with Gasteiger partial charge in [-0.2, -0.15) is 13.2 Å². The molecule has 2 rings (SSSR count). The van der Waals surface area contributed by atoms with Crippen LogP contribution in [-0.4, -0.2) is 29.9 Å². The van der Waals surface area contributed by atoms with Gasteiger partial charge in [0, 0.05) is 12.1 Å². The van der Waals surface area contributed by atoms with E-state index in [0.717, 1.165) is 30.9 Å². The number of unbranched alkanes of at least 4 members (excludes halogenated alkanes) is 3. The Balaban J connectivity index is 2.09. The van der Waals surface area contributed by atoms with Gasteiger partial charge in [0.05, 0.1) is 18.5 Å². The largest absolute Gasteiger partial charge is 0.433 e. The number of nitrogens with one attached hydrogen (secondary N) is 1. The number of pyridine rings is 1. The zero-order valence-electron chi connectivity index (χ0n) is 15.9. The maximum absolute atomic E-state index is 13.3. The van der Waals surface area contributed by atoms with E-state index in [1.165, 1.54) is 6.07 Å². The van der Waals surface area contributed by atoms with Crippen LogP contribution in [0.5, 0.6) is 0 Å². The van der Waals surface area contributed by atoms with E-state index in [4.69, 9.17) is 0 Å². The molecule has 0 radical (unpaired) electrons. The highest BCUT2D eigenvalue weighted by Crippen LogP contribution is 2.32. The highest BCUT2D eigenvalue weighted by molar-refractivity contribution is 5.61. The van der Waals surface area contributed by atoms with Gasteiger partial charge in [-0.25, -0.2) is 4.98 Å². The molecule has 0 fully saturated rings. The summed E-state index contributed by atoms with van der Waals surface area (Å²) in [5.41, 5.74) is 0.876. The van der Waals surface area contributed by atoms with E-state index in [0.29, 0.717) is 18.5 Å². The number of hydrogen-bond donors (Lipinski definition) is 2. The Morgan fingerprint density at radius 1 is 1.04 bits per heavy atom. The van der Waals surface area contributed by atoms with Crippen molar-refractivity contribution in [3.8, 4) is 11.3 Å². The van der Waals surface area contributed by atoms with Crippen molar-refractivity contribution in [1.82, 2.24) is 10.3 Å². The fourth-order valence-electron chi connectivity index (χ4n) is 2.82. The Bertz CT molecular complexity index is 732. The van der Waals surface area contributed by atoms with Gasteiger partial charge in [0.15, 0.2) is 0 Å². The third-order valence-electron chi connectivity index (χ3n) is 4.45. The van der Waals surface area contributed by atoms with Crippen LogP contribution < -0.4 is 5.32 Å². The van der Waals surface area contributed by atoms with Crippen molar-refractivity contribution in [3.05, 3.63) is 53.2 Å². The van der Waals surface area contributed by atoms with Crippen LogP contribution in [0.15, 0.2) is 36.4 Å². The van der Waals surface area contributed by atoms with Gasteiger partial charge in [0.1, 0.15) is 5.69 Å². The first-order valence-electron chi connectivity index (χ1n) is 9.42. The lowest BCUT2D eigenvalue weighted by molar-refractivity contribution is -0.141. The number of halogens is 4. The van der Waals surface area contributed by atoms with Crippen molar-refractivity contribution >= 4 is 0 Å². The number of aliphatic hydroxyl groups excluding tert-OH is 1. The van der Waals surface area contributed by atoms with Crippen LogP contribution in [0.25, 0.3) is 11.3 Å². The predicted molar refractivity (Wildman–Crippen MR) is 102 cm³/mol. The van der Waals surface area contributed by atoms with Crippen molar-refractivity contribution in [2.75, 3.05) is 19.8 Å². The Hall–Kier alpha value is -1.99. The predicted octanol–water partition coefficient (Wildman–Crippen LogP) is 5.23. The van der Waals surface area contributed by atoms with Crippen LogP contribution in [0, 0.1) is 6.92 Å². The Morgan fingerprint density at radius 2 is 1.71 bits per heavy atom. The number of nitrogens with zero attached hydrogens (tertiary/aromatic N) is 1. The number of aromatic nitrogens is 1. The average Bonchev–Trinajstić information content (AvgIpc) is 2.66. The molecule has 1 aromatic carbocycles. The second-order valence-electron chi connectivity index (χ2n) is 6.86. The summed E-state index contributed by atoms with van der Waals surface area (Å²) in [7, 11) is 0. The lowest BCUT2D eigenvalue weighted by Crippen LogP contribution is -2.23. The van der Waals surface area contributed by atoms with E-state index in [-0.39, 0.29) is 24.5 Å². The molecule has 0 aliphatic rings. The molecular formula is C21H26F4N2O. The van der Waals surface area contributed by atoms with E-state index >= 15 is 0 Å². The molecule has 0 saturated heterocycles. The van der Waals surface area contributed by atoms with Gasteiger partial charge in [-0.05, 0) is 44.0 Å². The molecule has 1 heterocycles. The minimum absolute atomic E-state index is 0.137. The van der Waals surface area contributed by atoms with Gasteiger partial charge in [0.2, 0.25) is 0 Å². The molecule has 2 aromatic rings. The topological polar surface area (TPSA) is 45.1 Å². The summed E-state index contributed by atoms with van der Waals surface area (Å²) in [6, 6.07) is 9.42. The van der Waals surface area contributed by atoms with E-state index in [9.17, 15) is 22.7 Å². The van der Waals surface area contributed by atoms with Gasteiger partial charge in [0.25, 0.3) is 0 Å². The van der Waals surface area contributed by atoms with E-state index in [1.807, 2.05) is 6.92 Å². The van der Waals surface area contributed by atoms with Gasteiger partial charge < -0.3 is 10.4 Å². The molecule has 1 atom stereocenters. The molecular weight excluding hydrogens is 372 g/mol. The summed E-state index contributed by atoms with van der Waals surface area (Å²) in [6.07, 6.45) is -2.64. The smallest absolute Gasteiger partial charge is 0.387 e. The summed E-state index contributed by atoms with van der Waals surface area (Å²) in [6.45, 7) is 2.32. The molecule has 0 amide bonds. The van der Waals surface area contributed by atoms with Gasteiger partial charge in [-0.3, -0.25) is 4.39 Å². The third-order valence-corrected chi connectivity index (χ3v) is 4.45. The molecule has 3 nitrogen and oxygen atoms in total. The summed E-state index contributed by atoms with van der Waals surface area (Å²) < 4.78 is 51.8. The van der Waals surface area contributed by atoms with Crippen molar-refractivity contribution in [2.24, 2.45) is 0 Å². The Morgan fingerprint density at radius 3 is 2.36 bits per heavy atom. The molecule has 7 heteroatoms. The molecule has 154 valence electrons. The van der Waals surface area contributed by atoms with E-state index in [2.05, 4.69) is 10.3 Å². The van der Waals surface area contributed by atoms with Crippen LogP contribution in [0.4, 0.5) is 17.6 Å². The molecule has 0 spiro atoms. The Labute approximate surface area is 162 Å². The van der Waals surface area contributed by atoms with Crippen LogP contribution in [-0.2, 0) is 6.18 Å². The molecule has 1 aromatic heterocycles. The van der Waals surface area contributed by atoms with Crippen molar-refractivity contribution < 1.29 is 22.7 Å². The molecule has 0 unspecified atom stereocenters. The maximum atomic E-state index is 13.3. The minimum Gasteiger partial charge on any atom is -0.387 e. The highest BCUT2D eigenvalue weighted by Gasteiger charge is 2.33. The second-order valence-corrected chi connectivity index (χ2v) is 6.86. The number of benzene rings is 1. The standard InChI is InChI=1S/C21H26F4N2O/c1-15-6-8-16(9-7-15)18-12-17(13-20(27-18)21(23,24)25)19(28)14-26-11-5-3-2-4-10-22/h6-9,12-13,19,26,28H,2-5,10-11,14H2,1H3/t19-/m1/s1. The lowest BCUT2D eigenvalue weighted by atomic mass is 10.0. The number of aliphatic hydroxyl groups is 1. The van der Waals surface area contributed by atoms with Gasteiger partial charge in [-0.1, -0.05) is 42.7 Å². The fraction of sp³-hybridized carbons (Fsp3) is 0.476. The Kier molecular flexibility index (Phi) is 8.38. The monoisotopic (exact) mass is 398 g/mol. The summed E-state index contributed by atoms with van der Waals surface area (Å²) in [5, 5.41) is 13.4. The van der Waals surface area contributed by atoms with E-state index < -0.39 is 18.0 Å². The zero-order valence-corrected chi connectivity index (χ0v) is 15.9. The van der Waals surface area contributed by atoms with Crippen LogP contribution in [0.3, 0.4) is 0 Å². The summed E-state index contributed by atoms with van der Waals surface area (Å²) in [5.74, 6) is 0. The molecule has 0 bridgehead atoms. The van der Waals surface area contributed by atoms with Crippen LogP contribution >= 0.6 is 0 Å². The van der Waals surface area contributed by atoms with Gasteiger partial charge >= 0.3 is 6.18 Å². The molecule has 28 heavy (non-hydrogen) atoms. The average molecular weight is 398 g/mol. The number of aryl methyl sites for hydroxylation is 1. The molecule has 0 aliphatic carbocycles. The SMILES string of the molecule is Cc1ccc(-c2cc([C@H](O)CNCCCCCCF)cc(C(F)(F)F)n2)cc1. The minimum atomic E-state index is -4.60. The summed E-state index contributed by atoms with van der Waals surface area (Å²) in [4.78, 5) is 3.74. The van der Waals surface area contributed by atoms with Crippen molar-refractivity contribution in [2.45, 2.75) is 44.9 Å². The second kappa shape index (κ2) is 10.5. The normalized spacial score (nSPS) is 12.9. The molecule has 2 N–H and O–H groups in total. The van der Waals surface area contributed by atoms with Crippen molar-refractivity contribution in [3.63, 3.8) is 0 Å². The zero-order chi connectivity index (χ0) is 20.6. The quantitative estimate of drug-likeness (QED) is 0.426. The highest BCUT2D eigenvalue weighted by atomic mass is 19.4. The fourth-order valence-corrected chi connectivity index (χ4v) is 2.82. The van der Waals surface area contributed by atoms with Gasteiger partial charge in [-0.15, -0.1) is 0 Å². The maximum Gasteiger partial charge on any atom is 0.433 e. The number of hydrogen-bond acceptors (Lipinski definition) is 3. The van der Waals surface area contributed by atoms with Crippen LogP contribution in [0.2, 0.25) is 0 Å². The molecule has 0 aliphatic heterocycles. The first-order valence-corrected chi connectivity index (χ1v) is 9.42. The lowest BCUT2D eigenvalue weighted by Gasteiger charge is -2.16. The van der Waals surface area contributed by atoms with Crippen molar-refractivity contribution in [1.29, 1.82) is 0 Å².